The van der Waals surface area contributed by atoms with E-state index in [-0.39, 0.29) is 12.3 Å². The summed E-state index contributed by atoms with van der Waals surface area (Å²) in [4.78, 5) is 22.8. The Morgan fingerprint density at radius 3 is 2.80 bits per heavy atom. The SMILES string of the molecule is CCC(NC(=O)Cc1coc2cc(C)ccc12)C(=O)O. The Morgan fingerprint density at radius 1 is 1.40 bits per heavy atom. The number of aryl methyl sites for hydroxylation is 1. The second-order valence-corrected chi connectivity index (χ2v) is 4.80. The largest absolute Gasteiger partial charge is 0.480 e. The van der Waals surface area contributed by atoms with Crippen LogP contribution in [0.3, 0.4) is 0 Å². The molecule has 0 saturated heterocycles. The molecule has 2 aromatic rings. The average Bonchev–Trinajstić information content (AvgIpc) is 2.77. The van der Waals surface area contributed by atoms with Crippen LogP contribution in [0.1, 0.15) is 24.5 Å². The molecule has 0 bridgehead atoms. The molecule has 1 unspecified atom stereocenters. The van der Waals surface area contributed by atoms with Crippen molar-refractivity contribution in [1.29, 1.82) is 0 Å². The molecular weight excluding hydrogens is 258 g/mol. The van der Waals surface area contributed by atoms with E-state index in [1.54, 1.807) is 13.2 Å². The lowest BCUT2D eigenvalue weighted by atomic mass is 10.1. The maximum atomic E-state index is 11.9. The molecule has 5 heteroatoms. The van der Waals surface area contributed by atoms with Crippen LogP contribution in [0.15, 0.2) is 28.9 Å². The molecule has 1 aromatic heterocycles. The molecule has 0 aliphatic heterocycles. The van der Waals surface area contributed by atoms with E-state index in [1.807, 2.05) is 25.1 Å². The Balaban J connectivity index is 2.12. The van der Waals surface area contributed by atoms with Gasteiger partial charge in [-0.3, -0.25) is 4.79 Å². The Kier molecular flexibility index (Phi) is 4.08. The summed E-state index contributed by atoms with van der Waals surface area (Å²) in [5.74, 6) is -1.34. The molecule has 0 saturated carbocycles. The van der Waals surface area contributed by atoms with Crippen molar-refractivity contribution in [2.45, 2.75) is 32.7 Å². The molecule has 1 amide bonds. The van der Waals surface area contributed by atoms with Gasteiger partial charge >= 0.3 is 5.97 Å². The topological polar surface area (TPSA) is 79.5 Å². The number of fused-ring (bicyclic) bond motifs is 1. The normalized spacial score (nSPS) is 12.3. The van der Waals surface area contributed by atoms with Crippen molar-refractivity contribution >= 4 is 22.8 Å². The fourth-order valence-corrected chi connectivity index (χ4v) is 2.08. The first-order chi connectivity index (χ1) is 9.51. The van der Waals surface area contributed by atoms with E-state index in [0.717, 1.165) is 22.1 Å². The van der Waals surface area contributed by atoms with Gasteiger partial charge in [-0.2, -0.15) is 0 Å². The number of hydrogen-bond donors (Lipinski definition) is 2. The highest BCUT2D eigenvalue weighted by Crippen LogP contribution is 2.22. The van der Waals surface area contributed by atoms with Crippen molar-refractivity contribution in [3.05, 3.63) is 35.6 Å². The maximum Gasteiger partial charge on any atom is 0.326 e. The first kappa shape index (κ1) is 14.1. The highest BCUT2D eigenvalue weighted by atomic mass is 16.4. The molecule has 0 spiro atoms. The van der Waals surface area contributed by atoms with Gasteiger partial charge in [-0.15, -0.1) is 0 Å². The van der Waals surface area contributed by atoms with Crippen LogP contribution < -0.4 is 5.32 Å². The predicted octanol–water partition coefficient (Wildman–Crippen LogP) is 2.26. The van der Waals surface area contributed by atoms with Gasteiger partial charge in [0, 0.05) is 10.9 Å². The van der Waals surface area contributed by atoms with Crippen LogP contribution >= 0.6 is 0 Å². The van der Waals surface area contributed by atoms with Crippen molar-refractivity contribution in [3.8, 4) is 0 Å². The molecular formula is C15H17NO4. The van der Waals surface area contributed by atoms with Gasteiger partial charge < -0.3 is 14.8 Å². The zero-order chi connectivity index (χ0) is 14.7. The van der Waals surface area contributed by atoms with Gasteiger partial charge in [-0.1, -0.05) is 19.1 Å². The average molecular weight is 275 g/mol. The number of hydrogen-bond acceptors (Lipinski definition) is 3. The fraction of sp³-hybridized carbons (Fsp3) is 0.333. The van der Waals surface area contributed by atoms with E-state index >= 15 is 0 Å². The van der Waals surface area contributed by atoms with Gasteiger partial charge in [0.2, 0.25) is 5.91 Å². The van der Waals surface area contributed by atoms with Crippen LogP contribution in [0, 0.1) is 6.92 Å². The summed E-state index contributed by atoms with van der Waals surface area (Å²) in [6.07, 6.45) is 2.01. The number of rotatable bonds is 5. The van der Waals surface area contributed by atoms with Gasteiger partial charge in [-0.25, -0.2) is 4.79 Å². The summed E-state index contributed by atoms with van der Waals surface area (Å²) >= 11 is 0. The third-order valence-electron chi connectivity index (χ3n) is 3.20. The molecule has 1 atom stereocenters. The standard InChI is InChI=1S/C15H17NO4/c1-3-12(15(18)19)16-14(17)7-10-8-20-13-6-9(2)4-5-11(10)13/h4-6,8,12H,3,7H2,1-2H3,(H,16,17)(H,18,19). The molecule has 0 aliphatic rings. The minimum atomic E-state index is -1.02. The zero-order valence-corrected chi connectivity index (χ0v) is 11.5. The summed E-state index contributed by atoms with van der Waals surface area (Å²) in [5.41, 5.74) is 2.58. The first-order valence-electron chi connectivity index (χ1n) is 6.50. The predicted molar refractivity (Wildman–Crippen MR) is 74.5 cm³/mol. The van der Waals surface area contributed by atoms with Crippen LogP contribution in [0.5, 0.6) is 0 Å². The molecule has 5 nitrogen and oxygen atoms in total. The number of amides is 1. The summed E-state index contributed by atoms with van der Waals surface area (Å²) in [6, 6.07) is 4.92. The van der Waals surface area contributed by atoms with E-state index in [2.05, 4.69) is 5.32 Å². The number of aliphatic carboxylic acids is 1. The van der Waals surface area contributed by atoms with Crippen molar-refractivity contribution < 1.29 is 19.1 Å². The molecule has 2 rings (SSSR count). The number of nitrogens with one attached hydrogen (secondary N) is 1. The third kappa shape index (κ3) is 2.99. The summed E-state index contributed by atoms with van der Waals surface area (Å²) in [6.45, 7) is 3.68. The van der Waals surface area contributed by atoms with Gasteiger partial charge in [-0.05, 0) is 25.0 Å². The van der Waals surface area contributed by atoms with Gasteiger partial charge in [0.1, 0.15) is 11.6 Å². The van der Waals surface area contributed by atoms with E-state index in [1.165, 1.54) is 0 Å². The Bertz CT molecular complexity index is 644. The minimum absolute atomic E-state index is 0.111. The molecule has 106 valence electrons. The van der Waals surface area contributed by atoms with Gasteiger partial charge in [0.15, 0.2) is 0 Å². The Morgan fingerprint density at radius 2 is 2.15 bits per heavy atom. The summed E-state index contributed by atoms with van der Waals surface area (Å²) in [5, 5.41) is 12.3. The van der Waals surface area contributed by atoms with Crippen LogP contribution in [-0.4, -0.2) is 23.0 Å². The summed E-state index contributed by atoms with van der Waals surface area (Å²) in [7, 11) is 0. The number of furan rings is 1. The fourth-order valence-electron chi connectivity index (χ4n) is 2.08. The van der Waals surface area contributed by atoms with Crippen molar-refractivity contribution in [2.75, 3.05) is 0 Å². The van der Waals surface area contributed by atoms with E-state index < -0.39 is 12.0 Å². The summed E-state index contributed by atoms with van der Waals surface area (Å²) < 4.78 is 5.41. The van der Waals surface area contributed by atoms with Crippen molar-refractivity contribution in [2.24, 2.45) is 0 Å². The number of benzene rings is 1. The number of carboxylic acids is 1. The lowest BCUT2D eigenvalue weighted by Gasteiger charge is -2.11. The molecule has 0 aliphatic carbocycles. The highest BCUT2D eigenvalue weighted by Gasteiger charge is 2.18. The molecule has 1 heterocycles. The maximum absolute atomic E-state index is 11.9. The molecule has 20 heavy (non-hydrogen) atoms. The molecule has 2 N–H and O–H groups in total. The lowest BCUT2D eigenvalue weighted by molar-refractivity contribution is -0.141. The van der Waals surface area contributed by atoms with Gasteiger partial charge in [0.25, 0.3) is 0 Å². The lowest BCUT2D eigenvalue weighted by Crippen LogP contribution is -2.40. The monoisotopic (exact) mass is 275 g/mol. The highest BCUT2D eigenvalue weighted by molar-refractivity contribution is 5.89. The van der Waals surface area contributed by atoms with Crippen LogP contribution in [-0.2, 0) is 16.0 Å². The van der Waals surface area contributed by atoms with E-state index in [4.69, 9.17) is 9.52 Å². The zero-order valence-electron chi connectivity index (χ0n) is 11.5. The molecule has 0 radical (unpaired) electrons. The minimum Gasteiger partial charge on any atom is -0.480 e. The van der Waals surface area contributed by atoms with E-state index in [9.17, 15) is 9.59 Å². The Hall–Kier alpha value is -2.30. The quantitative estimate of drug-likeness (QED) is 0.877. The van der Waals surface area contributed by atoms with E-state index in [0.29, 0.717) is 6.42 Å². The van der Waals surface area contributed by atoms with Crippen molar-refractivity contribution in [3.63, 3.8) is 0 Å². The second kappa shape index (κ2) is 5.77. The van der Waals surface area contributed by atoms with Crippen LogP contribution in [0.25, 0.3) is 11.0 Å². The Labute approximate surface area is 116 Å². The van der Waals surface area contributed by atoms with Crippen LogP contribution in [0.4, 0.5) is 0 Å². The number of carbonyl (C=O) groups is 2. The third-order valence-corrected chi connectivity index (χ3v) is 3.20. The number of carboxylic acid groups (broad SMARTS) is 1. The van der Waals surface area contributed by atoms with Crippen LogP contribution in [0.2, 0.25) is 0 Å². The number of carbonyl (C=O) groups excluding carboxylic acids is 1. The smallest absolute Gasteiger partial charge is 0.326 e. The molecule has 0 fully saturated rings. The van der Waals surface area contributed by atoms with Gasteiger partial charge in [0.05, 0.1) is 12.7 Å². The molecule has 1 aromatic carbocycles. The second-order valence-electron chi connectivity index (χ2n) is 4.80. The first-order valence-corrected chi connectivity index (χ1v) is 6.50. The van der Waals surface area contributed by atoms with Crippen molar-refractivity contribution in [1.82, 2.24) is 5.32 Å².